The summed E-state index contributed by atoms with van der Waals surface area (Å²) in [6.45, 7) is 3.97. The average molecular weight is 240 g/mol. The van der Waals surface area contributed by atoms with Crippen LogP contribution in [-0.4, -0.2) is 21.0 Å². The Balaban J connectivity index is 2.66. The maximum atomic E-state index is 11.7. The van der Waals surface area contributed by atoms with Crippen molar-refractivity contribution in [2.24, 2.45) is 0 Å². The Labute approximate surface area is 98.0 Å². The Morgan fingerprint density at radius 1 is 1.31 bits per heavy atom. The fourth-order valence-electron chi connectivity index (χ4n) is 1.51. The van der Waals surface area contributed by atoms with Gasteiger partial charge in [0.05, 0.1) is 6.42 Å². The topological polar surface area (TPSA) is 54.4 Å². The second kappa shape index (κ2) is 5.80. The lowest BCUT2D eigenvalue weighted by Gasteiger charge is -2.08. The number of hydrogen-bond donors (Lipinski definition) is 1. The van der Waals surface area contributed by atoms with E-state index in [-0.39, 0.29) is 12.2 Å². The fraction of sp³-hybridized carbons (Fsp3) is 0.417. The first-order valence-electron chi connectivity index (χ1n) is 5.12. The molecule has 0 aliphatic rings. The Morgan fingerprint density at radius 2 is 1.88 bits per heavy atom. The van der Waals surface area contributed by atoms with E-state index >= 15 is 0 Å². The van der Waals surface area contributed by atoms with Crippen LogP contribution in [-0.2, 0) is 21.3 Å². The summed E-state index contributed by atoms with van der Waals surface area (Å²) in [5.41, 5.74) is 3.30. The summed E-state index contributed by atoms with van der Waals surface area (Å²) in [5.74, 6) is -0.218. The summed E-state index contributed by atoms with van der Waals surface area (Å²) in [6.07, 6.45) is -0.0302. The summed E-state index contributed by atoms with van der Waals surface area (Å²) < 4.78 is 11.7. The van der Waals surface area contributed by atoms with Gasteiger partial charge in [0, 0.05) is 22.3 Å². The predicted octanol–water partition coefficient (Wildman–Crippen LogP) is 2.03. The van der Waals surface area contributed by atoms with E-state index in [1.54, 1.807) is 0 Å². The number of rotatable bonds is 5. The smallest absolute Gasteiger partial charge is 0.304 e. The highest BCUT2D eigenvalue weighted by Gasteiger charge is 2.08. The summed E-state index contributed by atoms with van der Waals surface area (Å²) in [6, 6.07) is 5.93. The number of carboxylic acids is 1. The third-order valence-electron chi connectivity index (χ3n) is 2.49. The molecule has 4 heteroatoms. The monoisotopic (exact) mass is 240 g/mol. The first-order chi connectivity index (χ1) is 7.50. The van der Waals surface area contributed by atoms with Crippen LogP contribution in [0.25, 0.3) is 0 Å². The molecule has 1 atom stereocenters. The van der Waals surface area contributed by atoms with Crippen LogP contribution in [0.1, 0.15) is 23.1 Å². The van der Waals surface area contributed by atoms with Gasteiger partial charge in [-0.2, -0.15) is 0 Å². The Hall–Kier alpha value is -1.16. The molecule has 1 aromatic carbocycles. The Bertz CT molecular complexity index is 392. The van der Waals surface area contributed by atoms with Crippen LogP contribution >= 0.6 is 0 Å². The third-order valence-corrected chi connectivity index (χ3v) is 3.76. The van der Waals surface area contributed by atoms with E-state index in [0.29, 0.717) is 5.75 Å². The Morgan fingerprint density at radius 3 is 2.38 bits per heavy atom. The van der Waals surface area contributed by atoms with Crippen LogP contribution in [0.4, 0.5) is 0 Å². The molecule has 0 saturated heterocycles. The summed E-state index contributed by atoms with van der Waals surface area (Å²) in [4.78, 5) is 10.4. The molecule has 0 aromatic heterocycles. The van der Waals surface area contributed by atoms with Crippen molar-refractivity contribution in [3.05, 3.63) is 34.9 Å². The van der Waals surface area contributed by atoms with Gasteiger partial charge in [0.25, 0.3) is 0 Å². The minimum absolute atomic E-state index is 0.0302. The zero-order valence-corrected chi connectivity index (χ0v) is 10.3. The van der Waals surface area contributed by atoms with Crippen LogP contribution < -0.4 is 0 Å². The minimum Gasteiger partial charge on any atom is -0.481 e. The van der Waals surface area contributed by atoms with Gasteiger partial charge in [0.15, 0.2) is 0 Å². The lowest BCUT2D eigenvalue weighted by molar-refractivity contribution is -0.136. The minimum atomic E-state index is -1.09. The zero-order chi connectivity index (χ0) is 12.1. The standard InChI is InChI=1S/C12H16O3S/c1-9-4-3-5-10(2)11(9)8-16(15)7-6-12(13)14/h3-5H,6-8H2,1-2H3,(H,13,14). The molecule has 0 bridgehead atoms. The van der Waals surface area contributed by atoms with Crippen molar-refractivity contribution in [3.63, 3.8) is 0 Å². The van der Waals surface area contributed by atoms with E-state index in [1.165, 1.54) is 0 Å². The molecule has 0 fully saturated rings. The molecule has 0 saturated carbocycles. The van der Waals surface area contributed by atoms with Gasteiger partial charge in [-0.1, -0.05) is 18.2 Å². The molecule has 1 unspecified atom stereocenters. The molecule has 88 valence electrons. The molecule has 3 nitrogen and oxygen atoms in total. The van der Waals surface area contributed by atoms with Crippen LogP contribution in [0.15, 0.2) is 18.2 Å². The first kappa shape index (κ1) is 12.9. The normalized spacial score (nSPS) is 12.4. The Kier molecular flexibility index (Phi) is 4.68. The second-order valence-electron chi connectivity index (χ2n) is 3.80. The van der Waals surface area contributed by atoms with Gasteiger partial charge in [0.1, 0.15) is 0 Å². The molecule has 1 rings (SSSR count). The molecule has 16 heavy (non-hydrogen) atoms. The number of hydrogen-bond acceptors (Lipinski definition) is 2. The quantitative estimate of drug-likeness (QED) is 0.856. The summed E-state index contributed by atoms with van der Waals surface area (Å²) >= 11 is 0. The van der Waals surface area contributed by atoms with Crippen LogP contribution in [0.5, 0.6) is 0 Å². The van der Waals surface area contributed by atoms with Crippen molar-refractivity contribution >= 4 is 16.8 Å². The zero-order valence-electron chi connectivity index (χ0n) is 9.53. The fourth-order valence-corrected chi connectivity index (χ4v) is 2.83. The van der Waals surface area contributed by atoms with Crippen molar-refractivity contribution in [1.29, 1.82) is 0 Å². The van der Waals surface area contributed by atoms with Crippen molar-refractivity contribution < 1.29 is 14.1 Å². The third kappa shape index (κ3) is 3.77. The van der Waals surface area contributed by atoms with Gasteiger partial charge in [-0.3, -0.25) is 9.00 Å². The summed E-state index contributed by atoms with van der Waals surface area (Å²) in [7, 11) is -1.09. The molecule has 0 aliphatic heterocycles. The highest BCUT2D eigenvalue weighted by Crippen LogP contribution is 2.15. The van der Waals surface area contributed by atoms with Crippen LogP contribution in [0.2, 0.25) is 0 Å². The lowest BCUT2D eigenvalue weighted by Crippen LogP contribution is -2.08. The number of benzene rings is 1. The molecule has 0 amide bonds. The molecule has 0 aliphatic carbocycles. The van der Waals surface area contributed by atoms with E-state index in [2.05, 4.69) is 0 Å². The van der Waals surface area contributed by atoms with E-state index in [9.17, 15) is 9.00 Å². The van der Waals surface area contributed by atoms with Gasteiger partial charge in [-0.05, 0) is 30.5 Å². The highest BCUT2D eigenvalue weighted by molar-refractivity contribution is 7.84. The maximum absolute atomic E-state index is 11.7. The number of aliphatic carboxylic acids is 1. The molecule has 0 spiro atoms. The van der Waals surface area contributed by atoms with Crippen LogP contribution in [0.3, 0.4) is 0 Å². The van der Waals surface area contributed by atoms with Gasteiger partial charge in [-0.15, -0.1) is 0 Å². The molecule has 0 heterocycles. The van der Waals surface area contributed by atoms with E-state index < -0.39 is 16.8 Å². The largest absolute Gasteiger partial charge is 0.481 e. The van der Waals surface area contributed by atoms with Gasteiger partial charge in [-0.25, -0.2) is 0 Å². The molecule has 1 N–H and O–H groups in total. The van der Waals surface area contributed by atoms with E-state index in [1.807, 2.05) is 32.0 Å². The van der Waals surface area contributed by atoms with E-state index in [4.69, 9.17) is 5.11 Å². The SMILES string of the molecule is Cc1cccc(C)c1CS(=O)CCC(=O)O. The molecular weight excluding hydrogens is 224 g/mol. The predicted molar refractivity (Wildman–Crippen MR) is 64.9 cm³/mol. The van der Waals surface area contributed by atoms with Crippen LogP contribution in [0, 0.1) is 13.8 Å². The van der Waals surface area contributed by atoms with Crippen molar-refractivity contribution in [3.8, 4) is 0 Å². The van der Waals surface area contributed by atoms with Gasteiger partial charge < -0.3 is 5.11 Å². The average Bonchev–Trinajstić information content (AvgIpc) is 2.21. The number of aryl methyl sites for hydroxylation is 2. The number of carbonyl (C=O) groups is 1. The summed E-state index contributed by atoms with van der Waals surface area (Å²) in [5, 5.41) is 8.50. The molecule has 0 radical (unpaired) electrons. The molecule has 1 aromatic rings. The van der Waals surface area contributed by atoms with Gasteiger partial charge in [0.2, 0.25) is 0 Å². The lowest BCUT2D eigenvalue weighted by atomic mass is 10.1. The second-order valence-corrected chi connectivity index (χ2v) is 5.38. The van der Waals surface area contributed by atoms with E-state index in [0.717, 1.165) is 16.7 Å². The highest BCUT2D eigenvalue weighted by atomic mass is 32.2. The van der Waals surface area contributed by atoms with Gasteiger partial charge >= 0.3 is 5.97 Å². The number of carboxylic acid groups (broad SMARTS) is 1. The maximum Gasteiger partial charge on any atom is 0.304 e. The molecular formula is C12H16O3S. The van der Waals surface area contributed by atoms with Crippen molar-refractivity contribution in [2.45, 2.75) is 26.0 Å². The van der Waals surface area contributed by atoms with Crippen molar-refractivity contribution in [1.82, 2.24) is 0 Å². The first-order valence-corrected chi connectivity index (χ1v) is 6.61. The van der Waals surface area contributed by atoms with Crippen molar-refractivity contribution in [2.75, 3.05) is 5.75 Å².